The number of carbonyl (C=O) groups is 2. The van der Waals surface area contributed by atoms with Crippen molar-refractivity contribution in [3.05, 3.63) is 65.3 Å². The fourth-order valence-corrected chi connectivity index (χ4v) is 4.00. The van der Waals surface area contributed by atoms with Crippen LogP contribution in [0.1, 0.15) is 55.8 Å². The van der Waals surface area contributed by atoms with Crippen molar-refractivity contribution in [1.29, 1.82) is 0 Å². The molecule has 1 aromatic heterocycles. The molecule has 1 aliphatic rings. The minimum absolute atomic E-state index is 0.0421. The van der Waals surface area contributed by atoms with Gasteiger partial charge in [-0.25, -0.2) is 0 Å². The van der Waals surface area contributed by atoms with Crippen molar-refractivity contribution in [2.45, 2.75) is 39.7 Å². The normalized spacial score (nSPS) is 16.3. The van der Waals surface area contributed by atoms with Crippen molar-refractivity contribution in [2.75, 3.05) is 32.8 Å². The van der Waals surface area contributed by atoms with E-state index in [9.17, 15) is 14.7 Å². The Morgan fingerprint density at radius 1 is 1.19 bits per heavy atom. The maximum Gasteiger partial charge on any atom is 0.290 e. The minimum atomic E-state index is -0.707. The minimum Gasteiger partial charge on any atom is -0.503 e. The molecule has 2 aromatic rings. The van der Waals surface area contributed by atoms with Crippen LogP contribution in [0.25, 0.3) is 0 Å². The number of carbonyl (C=O) groups excluding carboxylic acids is 2. The molecule has 0 unspecified atom stereocenters. The monoisotopic (exact) mass is 440 g/mol. The van der Waals surface area contributed by atoms with Crippen molar-refractivity contribution in [2.24, 2.45) is 0 Å². The summed E-state index contributed by atoms with van der Waals surface area (Å²) in [6.45, 7) is 9.89. The van der Waals surface area contributed by atoms with E-state index in [0.29, 0.717) is 24.5 Å². The van der Waals surface area contributed by atoms with Crippen LogP contribution in [0.5, 0.6) is 5.75 Å². The predicted molar refractivity (Wildman–Crippen MR) is 122 cm³/mol. The number of rotatable bonds is 12. The van der Waals surface area contributed by atoms with Crippen molar-refractivity contribution in [3.8, 4) is 5.75 Å². The molecule has 1 amide bonds. The smallest absolute Gasteiger partial charge is 0.290 e. The molecular formula is C25H32N2O5. The summed E-state index contributed by atoms with van der Waals surface area (Å²) < 4.78 is 11.0. The van der Waals surface area contributed by atoms with Gasteiger partial charge in [-0.2, -0.15) is 0 Å². The molecule has 0 aliphatic carbocycles. The molecule has 0 fully saturated rings. The molecule has 0 saturated heterocycles. The van der Waals surface area contributed by atoms with E-state index in [1.54, 1.807) is 11.0 Å². The van der Waals surface area contributed by atoms with Gasteiger partial charge in [-0.15, -0.1) is 0 Å². The Balaban J connectivity index is 1.94. The second-order valence-corrected chi connectivity index (χ2v) is 7.77. The van der Waals surface area contributed by atoms with Crippen LogP contribution in [0.4, 0.5) is 0 Å². The molecule has 1 N–H and O–H groups in total. The Kier molecular flexibility index (Phi) is 8.11. The number of furan rings is 1. The molecule has 172 valence electrons. The topological polar surface area (TPSA) is 83.2 Å². The second kappa shape index (κ2) is 11.0. The first kappa shape index (κ1) is 23.6. The van der Waals surface area contributed by atoms with Gasteiger partial charge in [0, 0.05) is 6.54 Å². The van der Waals surface area contributed by atoms with Gasteiger partial charge < -0.3 is 24.1 Å². The maximum atomic E-state index is 13.2. The van der Waals surface area contributed by atoms with Gasteiger partial charge in [0.1, 0.15) is 5.75 Å². The van der Waals surface area contributed by atoms with Gasteiger partial charge in [0.05, 0.1) is 24.5 Å². The zero-order valence-corrected chi connectivity index (χ0v) is 19.0. The SMILES string of the molecule is CCCOc1cccc([C@H]2C(C(=O)c3ccco3)=C(O)C(=O)N2CCCN(CC)CC)c1. The largest absolute Gasteiger partial charge is 0.503 e. The molecule has 0 spiro atoms. The Labute approximate surface area is 189 Å². The molecule has 1 aliphatic heterocycles. The van der Waals surface area contributed by atoms with Gasteiger partial charge in [-0.1, -0.05) is 32.9 Å². The lowest BCUT2D eigenvalue weighted by molar-refractivity contribution is -0.129. The Hall–Kier alpha value is -3.06. The molecule has 1 atom stereocenters. The molecular weight excluding hydrogens is 408 g/mol. The highest BCUT2D eigenvalue weighted by atomic mass is 16.5. The maximum absolute atomic E-state index is 13.2. The zero-order valence-electron chi connectivity index (χ0n) is 19.0. The van der Waals surface area contributed by atoms with E-state index in [4.69, 9.17) is 9.15 Å². The quantitative estimate of drug-likeness (QED) is 0.493. The Morgan fingerprint density at radius 2 is 1.97 bits per heavy atom. The zero-order chi connectivity index (χ0) is 23.1. The fourth-order valence-electron chi connectivity index (χ4n) is 4.00. The molecule has 0 radical (unpaired) electrons. The average molecular weight is 441 g/mol. The summed E-state index contributed by atoms with van der Waals surface area (Å²) >= 11 is 0. The first-order valence-corrected chi connectivity index (χ1v) is 11.3. The Morgan fingerprint density at radius 3 is 2.62 bits per heavy atom. The molecule has 0 saturated carbocycles. The summed E-state index contributed by atoms with van der Waals surface area (Å²) in [4.78, 5) is 30.1. The van der Waals surface area contributed by atoms with Crippen LogP contribution in [0, 0.1) is 0 Å². The highest BCUT2D eigenvalue weighted by Gasteiger charge is 2.44. The lowest BCUT2D eigenvalue weighted by Gasteiger charge is -2.28. The number of aliphatic hydroxyl groups is 1. The summed E-state index contributed by atoms with van der Waals surface area (Å²) in [7, 11) is 0. The van der Waals surface area contributed by atoms with Crippen LogP contribution in [0.15, 0.2) is 58.4 Å². The predicted octanol–water partition coefficient (Wildman–Crippen LogP) is 4.38. The number of aliphatic hydroxyl groups excluding tert-OH is 1. The molecule has 7 nitrogen and oxygen atoms in total. The third kappa shape index (κ3) is 5.05. The molecule has 7 heteroatoms. The highest BCUT2D eigenvalue weighted by molar-refractivity contribution is 6.15. The van der Waals surface area contributed by atoms with Gasteiger partial charge in [-0.05, 0) is 62.3 Å². The van der Waals surface area contributed by atoms with Crippen LogP contribution in [-0.4, -0.2) is 59.4 Å². The summed E-state index contributed by atoms with van der Waals surface area (Å²) in [6, 6.07) is 9.80. The third-order valence-electron chi connectivity index (χ3n) is 5.71. The Bertz CT molecular complexity index is 947. The summed E-state index contributed by atoms with van der Waals surface area (Å²) in [5.74, 6) is -0.788. The number of benzene rings is 1. The van der Waals surface area contributed by atoms with Gasteiger partial charge >= 0.3 is 0 Å². The lowest BCUT2D eigenvalue weighted by atomic mass is 9.95. The fraction of sp³-hybridized carbons (Fsp3) is 0.440. The number of nitrogens with zero attached hydrogens (tertiary/aromatic N) is 2. The summed E-state index contributed by atoms with van der Waals surface area (Å²) in [5, 5.41) is 10.7. The highest BCUT2D eigenvalue weighted by Crippen LogP contribution is 2.40. The first-order chi connectivity index (χ1) is 15.5. The second-order valence-electron chi connectivity index (χ2n) is 7.77. The standard InChI is InChI=1S/C25H32N2O5/c1-4-15-31-19-11-7-10-18(17-19)22-21(23(28)20-12-8-16-32-20)24(29)25(30)27(22)14-9-13-26(5-2)6-3/h7-8,10-12,16-17,22,29H,4-6,9,13-15H2,1-3H3/t22-/m0/s1. The van der Waals surface area contributed by atoms with E-state index in [-0.39, 0.29) is 11.3 Å². The van der Waals surface area contributed by atoms with Crippen molar-refractivity contribution >= 4 is 11.7 Å². The number of ether oxygens (including phenoxy) is 1. The van der Waals surface area contributed by atoms with E-state index in [0.717, 1.165) is 32.5 Å². The van der Waals surface area contributed by atoms with Crippen LogP contribution in [0.2, 0.25) is 0 Å². The molecule has 1 aromatic carbocycles. The number of Topliss-reactive ketones (excluding diaryl/α,β-unsaturated/α-hetero) is 1. The van der Waals surface area contributed by atoms with Crippen LogP contribution < -0.4 is 4.74 Å². The molecule has 0 bridgehead atoms. The van der Waals surface area contributed by atoms with E-state index in [1.165, 1.54) is 12.3 Å². The van der Waals surface area contributed by atoms with Crippen molar-refractivity contribution < 1.29 is 23.8 Å². The number of amides is 1. The van der Waals surface area contributed by atoms with Gasteiger partial charge in [0.15, 0.2) is 11.5 Å². The van der Waals surface area contributed by atoms with Crippen LogP contribution in [-0.2, 0) is 4.79 Å². The summed E-state index contributed by atoms with van der Waals surface area (Å²) in [5.41, 5.74) is 0.758. The third-order valence-corrected chi connectivity index (χ3v) is 5.71. The van der Waals surface area contributed by atoms with E-state index < -0.39 is 23.5 Å². The van der Waals surface area contributed by atoms with Crippen molar-refractivity contribution in [1.82, 2.24) is 9.80 Å². The van der Waals surface area contributed by atoms with E-state index >= 15 is 0 Å². The number of hydrogen-bond donors (Lipinski definition) is 1. The first-order valence-electron chi connectivity index (χ1n) is 11.3. The lowest BCUT2D eigenvalue weighted by Crippen LogP contribution is -2.34. The van der Waals surface area contributed by atoms with Crippen molar-refractivity contribution in [3.63, 3.8) is 0 Å². The van der Waals surface area contributed by atoms with Gasteiger partial charge in [0.25, 0.3) is 5.91 Å². The molecule has 3 rings (SSSR count). The average Bonchev–Trinajstić information content (AvgIpc) is 3.43. The van der Waals surface area contributed by atoms with E-state index in [1.807, 2.05) is 31.2 Å². The van der Waals surface area contributed by atoms with E-state index in [2.05, 4.69) is 18.7 Å². The van der Waals surface area contributed by atoms with Crippen LogP contribution in [0.3, 0.4) is 0 Å². The number of hydrogen-bond acceptors (Lipinski definition) is 6. The number of ketones is 1. The van der Waals surface area contributed by atoms with Crippen LogP contribution >= 0.6 is 0 Å². The van der Waals surface area contributed by atoms with Gasteiger partial charge in [-0.3, -0.25) is 9.59 Å². The molecule has 2 heterocycles. The molecule has 32 heavy (non-hydrogen) atoms. The summed E-state index contributed by atoms with van der Waals surface area (Å²) in [6.07, 6.45) is 3.00. The van der Waals surface area contributed by atoms with Gasteiger partial charge in [0.2, 0.25) is 5.78 Å².